The van der Waals surface area contributed by atoms with Crippen LogP contribution in [0.4, 0.5) is 0 Å². The molecular formula is C25H29ClN4O5S2. The van der Waals surface area contributed by atoms with Crippen molar-refractivity contribution in [1.82, 2.24) is 14.4 Å². The minimum atomic E-state index is -3.68. The van der Waals surface area contributed by atoms with Crippen LogP contribution in [0.1, 0.15) is 12.1 Å². The van der Waals surface area contributed by atoms with E-state index in [1.807, 2.05) is 21.9 Å². The van der Waals surface area contributed by atoms with Gasteiger partial charge in [-0.05, 0) is 35.0 Å². The second kappa shape index (κ2) is 11.3. The molecular weight excluding hydrogens is 536 g/mol. The second-order valence-corrected chi connectivity index (χ2v) is 12.2. The van der Waals surface area contributed by atoms with E-state index in [-0.39, 0.29) is 29.5 Å². The fourth-order valence-corrected chi connectivity index (χ4v) is 6.73. The van der Waals surface area contributed by atoms with Gasteiger partial charge in [0.2, 0.25) is 5.91 Å². The van der Waals surface area contributed by atoms with Crippen molar-refractivity contribution in [2.75, 3.05) is 39.5 Å². The van der Waals surface area contributed by atoms with Crippen LogP contribution in [-0.4, -0.2) is 80.2 Å². The lowest BCUT2D eigenvalue weighted by Gasteiger charge is -2.39. The molecule has 1 aliphatic heterocycles. The average molecular weight is 565 g/mol. The fraction of sp³-hybridized carbons (Fsp3) is 0.400. The summed E-state index contributed by atoms with van der Waals surface area (Å²) in [6.45, 7) is 1.49. The number of benzene rings is 2. The zero-order valence-corrected chi connectivity index (χ0v) is 23.3. The van der Waals surface area contributed by atoms with Crippen molar-refractivity contribution in [2.24, 2.45) is 12.0 Å². The zero-order valence-electron chi connectivity index (χ0n) is 20.9. The maximum atomic E-state index is 13.0. The van der Waals surface area contributed by atoms with Crippen molar-refractivity contribution in [2.45, 2.75) is 23.9 Å². The Morgan fingerprint density at radius 3 is 2.59 bits per heavy atom. The van der Waals surface area contributed by atoms with Gasteiger partial charge < -0.3 is 14.2 Å². The summed E-state index contributed by atoms with van der Waals surface area (Å²) in [6, 6.07) is 9.44. The molecule has 1 amide bonds. The first-order valence-electron chi connectivity index (χ1n) is 11.7. The van der Waals surface area contributed by atoms with Crippen molar-refractivity contribution in [3.63, 3.8) is 0 Å². The Morgan fingerprint density at radius 1 is 1.16 bits per heavy atom. The van der Waals surface area contributed by atoms with E-state index in [0.29, 0.717) is 24.7 Å². The Bertz CT molecular complexity index is 1500. The van der Waals surface area contributed by atoms with Crippen LogP contribution in [0.15, 0.2) is 51.7 Å². The SMILES string of the molecule is CN=c1scc(CN2CCN(C(=O)CCS(=O)(=O)c3ccc4cc(Cl)ccc4c3)CC2C(=O)OC)n1C. The molecule has 0 saturated carbocycles. The van der Waals surface area contributed by atoms with E-state index >= 15 is 0 Å². The van der Waals surface area contributed by atoms with Crippen molar-refractivity contribution < 1.29 is 22.7 Å². The minimum Gasteiger partial charge on any atom is -0.468 e. The summed E-state index contributed by atoms with van der Waals surface area (Å²) in [6.07, 6.45) is -0.171. The summed E-state index contributed by atoms with van der Waals surface area (Å²) >= 11 is 7.53. The molecule has 37 heavy (non-hydrogen) atoms. The van der Waals surface area contributed by atoms with Gasteiger partial charge in [-0.15, -0.1) is 11.3 Å². The Kier molecular flexibility index (Phi) is 8.37. The van der Waals surface area contributed by atoms with E-state index < -0.39 is 21.8 Å². The fourth-order valence-electron chi connectivity index (χ4n) is 4.44. The number of halogens is 1. The molecule has 2 aromatic carbocycles. The van der Waals surface area contributed by atoms with Gasteiger partial charge in [-0.2, -0.15) is 0 Å². The number of carbonyl (C=O) groups is 2. The van der Waals surface area contributed by atoms with E-state index in [9.17, 15) is 18.0 Å². The van der Waals surface area contributed by atoms with Gasteiger partial charge in [0, 0.05) is 62.8 Å². The van der Waals surface area contributed by atoms with Gasteiger partial charge in [0.15, 0.2) is 14.6 Å². The molecule has 1 atom stereocenters. The third-order valence-corrected chi connectivity index (χ3v) is 9.62. The van der Waals surface area contributed by atoms with Gasteiger partial charge in [0.1, 0.15) is 6.04 Å². The quantitative estimate of drug-likeness (QED) is 0.409. The number of aromatic nitrogens is 1. The molecule has 0 bridgehead atoms. The Morgan fingerprint density at radius 2 is 1.89 bits per heavy atom. The summed E-state index contributed by atoms with van der Waals surface area (Å²) in [5, 5.41) is 4.17. The summed E-state index contributed by atoms with van der Waals surface area (Å²) in [5.41, 5.74) is 1.00. The predicted molar refractivity (Wildman–Crippen MR) is 143 cm³/mol. The van der Waals surface area contributed by atoms with E-state index in [0.717, 1.165) is 21.3 Å². The van der Waals surface area contributed by atoms with Gasteiger partial charge in [0.25, 0.3) is 0 Å². The number of rotatable bonds is 7. The van der Waals surface area contributed by atoms with Crippen LogP contribution in [0.3, 0.4) is 0 Å². The Hall–Kier alpha value is -2.73. The van der Waals surface area contributed by atoms with Crippen LogP contribution in [-0.2, 0) is 37.8 Å². The summed E-state index contributed by atoms with van der Waals surface area (Å²) in [4.78, 5) is 34.4. The maximum Gasteiger partial charge on any atom is 0.324 e. The highest BCUT2D eigenvalue weighted by Gasteiger charge is 2.35. The number of hydrogen-bond acceptors (Lipinski definition) is 8. The number of carbonyl (C=O) groups excluding carboxylic acids is 2. The Labute approximate surface area is 224 Å². The minimum absolute atomic E-state index is 0.140. The van der Waals surface area contributed by atoms with Crippen molar-refractivity contribution in [3.05, 3.63) is 57.3 Å². The number of fused-ring (bicyclic) bond motifs is 1. The highest BCUT2D eigenvalue weighted by Crippen LogP contribution is 2.24. The predicted octanol–water partition coefficient (Wildman–Crippen LogP) is 2.47. The maximum absolute atomic E-state index is 13.0. The lowest BCUT2D eigenvalue weighted by molar-refractivity contribution is -0.152. The smallest absolute Gasteiger partial charge is 0.324 e. The van der Waals surface area contributed by atoms with E-state index in [4.69, 9.17) is 16.3 Å². The molecule has 1 aromatic heterocycles. The molecule has 198 valence electrons. The molecule has 1 saturated heterocycles. The molecule has 1 aliphatic rings. The average Bonchev–Trinajstić information content (AvgIpc) is 3.25. The van der Waals surface area contributed by atoms with E-state index in [1.54, 1.807) is 42.3 Å². The molecule has 12 heteroatoms. The molecule has 4 rings (SSSR count). The van der Waals surface area contributed by atoms with Crippen LogP contribution in [0, 0.1) is 0 Å². The van der Waals surface area contributed by atoms with Gasteiger partial charge >= 0.3 is 5.97 Å². The van der Waals surface area contributed by atoms with Gasteiger partial charge in [0.05, 0.1) is 17.8 Å². The number of amides is 1. The van der Waals surface area contributed by atoms with Crippen LogP contribution in [0.25, 0.3) is 10.8 Å². The van der Waals surface area contributed by atoms with Gasteiger partial charge in [-0.3, -0.25) is 19.5 Å². The van der Waals surface area contributed by atoms with Crippen molar-refractivity contribution >= 4 is 55.4 Å². The molecule has 2 heterocycles. The number of esters is 1. The summed E-state index contributed by atoms with van der Waals surface area (Å²) < 4.78 is 32.9. The van der Waals surface area contributed by atoms with Crippen LogP contribution >= 0.6 is 22.9 Å². The second-order valence-electron chi connectivity index (χ2n) is 8.86. The zero-order chi connectivity index (χ0) is 26.7. The Balaban J connectivity index is 1.42. The van der Waals surface area contributed by atoms with Crippen LogP contribution in [0.2, 0.25) is 5.02 Å². The number of sulfone groups is 1. The number of ether oxygens (including phenoxy) is 1. The first-order valence-corrected chi connectivity index (χ1v) is 14.6. The van der Waals surface area contributed by atoms with Crippen molar-refractivity contribution in [1.29, 1.82) is 0 Å². The lowest BCUT2D eigenvalue weighted by atomic mass is 10.1. The number of methoxy groups -OCH3 is 1. The molecule has 9 nitrogen and oxygen atoms in total. The molecule has 0 aliphatic carbocycles. The molecule has 0 radical (unpaired) electrons. The van der Waals surface area contributed by atoms with Crippen molar-refractivity contribution in [3.8, 4) is 0 Å². The largest absolute Gasteiger partial charge is 0.468 e. The van der Waals surface area contributed by atoms with Gasteiger partial charge in [-0.25, -0.2) is 8.42 Å². The number of hydrogen-bond donors (Lipinski definition) is 0. The summed E-state index contributed by atoms with van der Waals surface area (Å²) in [7, 11) is 1.30. The number of thiazole rings is 1. The topological polar surface area (TPSA) is 101 Å². The molecule has 0 N–H and O–H groups in total. The van der Waals surface area contributed by atoms with E-state index in [1.165, 1.54) is 24.5 Å². The number of piperazine rings is 1. The highest BCUT2D eigenvalue weighted by atomic mass is 35.5. The first-order chi connectivity index (χ1) is 17.6. The number of nitrogens with zero attached hydrogens (tertiary/aromatic N) is 4. The molecule has 1 unspecified atom stereocenters. The van der Waals surface area contributed by atoms with E-state index in [2.05, 4.69) is 4.99 Å². The molecule has 0 spiro atoms. The molecule has 1 fully saturated rings. The van der Waals surface area contributed by atoms with Gasteiger partial charge in [-0.1, -0.05) is 23.7 Å². The third kappa shape index (κ3) is 6.06. The first kappa shape index (κ1) is 27.3. The normalized spacial score (nSPS) is 17.4. The summed E-state index contributed by atoms with van der Waals surface area (Å²) in [5.74, 6) is -1.06. The monoisotopic (exact) mass is 564 g/mol. The third-order valence-electron chi connectivity index (χ3n) is 6.61. The van der Waals surface area contributed by atoms with Crippen LogP contribution < -0.4 is 4.80 Å². The highest BCUT2D eigenvalue weighted by molar-refractivity contribution is 7.91. The van der Waals surface area contributed by atoms with Crippen LogP contribution in [0.5, 0.6) is 0 Å². The standard InChI is InChI=1S/C25H29ClN4O5S2/c1-27-25-28(2)20(16-36-25)14-29-9-10-30(15-22(29)24(32)35-3)23(31)8-11-37(33,34)21-7-5-17-12-19(26)6-4-18(17)13-21/h4-7,12-13,16,22H,8-11,14-15H2,1-3H3. The lowest BCUT2D eigenvalue weighted by Crippen LogP contribution is -2.57. The molecule has 3 aromatic rings.